The molecule has 0 aromatic carbocycles. The summed E-state index contributed by atoms with van der Waals surface area (Å²) in [6, 6.07) is 0.147. The molecular formula is C11H23NO2. The predicted octanol–water partition coefficient (Wildman–Crippen LogP) is 1.96. The van der Waals surface area contributed by atoms with Crippen LogP contribution >= 0.6 is 0 Å². The quantitative estimate of drug-likeness (QED) is 0.684. The second-order valence-corrected chi connectivity index (χ2v) is 3.83. The molecule has 84 valence electrons. The van der Waals surface area contributed by atoms with Crippen molar-refractivity contribution in [1.29, 1.82) is 0 Å². The van der Waals surface area contributed by atoms with E-state index in [0.717, 1.165) is 6.42 Å². The normalized spacial score (nSPS) is 12.9. The number of rotatable bonds is 7. The van der Waals surface area contributed by atoms with E-state index in [9.17, 15) is 4.79 Å². The molecule has 0 heterocycles. The van der Waals surface area contributed by atoms with E-state index in [2.05, 4.69) is 19.2 Å². The minimum absolute atomic E-state index is 0.130. The lowest BCUT2D eigenvalue weighted by Crippen LogP contribution is -2.41. The van der Waals surface area contributed by atoms with Gasteiger partial charge in [-0.25, -0.2) is 0 Å². The zero-order valence-corrected chi connectivity index (χ0v) is 9.80. The number of nitrogens with one attached hydrogen (secondary N) is 1. The fourth-order valence-corrected chi connectivity index (χ4v) is 1.15. The Bertz CT molecular complexity index is 157. The van der Waals surface area contributed by atoms with Crippen molar-refractivity contribution in [1.82, 2.24) is 5.32 Å². The summed E-state index contributed by atoms with van der Waals surface area (Å²) in [6.45, 7) is 9.47. The van der Waals surface area contributed by atoms with Crippen LogP contribution in [0.1, 0.15) is 40.5 Å². The number of hydrogen-bond acceptors (Lipinski definition) is 2. The lowest BCUT2D eigenvalue weighted by atomic mass is 10.1. The van der Waals surface area contributed by atoms with Gasteiger partial charge in [-0.1, -0.05) is 20.8 Å². The molecule has 3 nitrogen and oxygen atoms in total. The molecule has 0 bridgehead atoms. The highest BCUT2D eigenvalue weighted by molar-refractivity contribution is 5.76. The molecule has 0 saturated heterocycles. The van der Waals surface area contributed by atoms with Crippen molar-refractivity contribution in [2.45, 2.75) is 46.6 Å². The van der Waals surface area contributed by atoms with Crippen molar-refractivity contribution in [3.05, 3.63) is 0 Å². The Kier molecular flexibility index (Phi) is 7.48. The first-order chi connectivity index (χ1) is 6.61. The van der Waals surface area contributed by atoms with Crippen LogP contribution in [0.5, 0.6) is 0 Å². The maximum absolute atomic E-state index is 11.4. The molecule has 0 rings (SSSR count). The van der Waals surface area contributed by atoms with Crippen LogP contribution in [0.25, 0.3) is 0 Å². The van der Waals surface area contributed by atoms with Crippen LogP contribution < -0.4 is 5.32 Å². The Hall–Kier alpha value is -0.570. The number of hydrogen-bond donors (Lipinski definition) is 1. The summed E-state index contributed by atoms with van der Waals surface area (Å²) >= 11 is 0. The molecule has 14 heavy (non-hydrogen) atoms. The summed E-state index contributed by atoms with van der Waals surface area (Å²) in [4.78, 5) is 11.4. The van der Waals surface area contributed by atoms with Gasteiger partial charge in [0.1, 0.15) is 0 Å². The fraction of sp³-hybridized carbons (Fsp3) is 0.909. The molecule has 0 aliphatic heterocycles. The highest BCUT2D eigenvalue weighted by Gasteiger charge is 2.15. The number of ether oxygens (including phenoxy) is 1. The van der Waals surface area contributed by atoms with Crippen LogP contribution in [0, 0.1) is 5.92 Å². The maximum Gasteiger partial charge on any atom is 0.220 e. The number of amides is 1. The molecule has 1 N–H and O–H groups in total. The van der Waals surface area contributed by atoms with Gasteiger partial charge in [-0.3, -0.25) is 4.79 Å². The van der Waals surface area contributed by atoms with Gasteiger partial charge in [0, 0.05) is 13.0 Å². The van der Waals surface area contributed by atoms with E-state index in [-0.39, 0.29) is 11.9 Å². The Morgan fingerprint density at radius 2 is 2.00 bits per heavy atom. The zero-order valence-electron chi connectivity index (χ0n) is 9.80. The molecule has 0 aromatic heterocycles. The average Bonchev–Trinajstić information content (AvgIpc) is 2.12. The first-order valence-corrected chi connectivity index (χ1v) is 5.48. The standard InChI is InChI=1S/C11H23NO2/c1-5-7-11(13)12-10(9(3)4)8-14-6-2/h9-10H,5-8H2,1-4H3,(H,12,13). The van der Waals surface area contributed by atoms with Gasteiger partial charge >= 0.3 is 0 Å². The topological polar surface area (TPSA) is 38.3 Å². The summed E-state index contributed by atoms with van der Waals surface area (Å²) in [6.07, 6.45) is 1.50. The van der Waals surface area contributed by atoms with Crippen molar-refractivity contribution in [3.8, 4) is 0 Å². The molecular weight excluding hydrogens is 178 g/mol. The predicted molar refractivity (Wildman–Crippen MR) is 58.2 cm³/mol. The lowest BCUT2D eigenvalue weighted by Gasteiger charge is -2.21. The van der Waals surface area contributed by atoms with Gasteiger partial charge in [0.2, 0.25) is 5.91 Å². The van der Waals surface area contributed by atoms with Gasteiger partial charge < -0.3 is 10.1 Å². The number of carbonyl (C=O) groups excluding carboxylic acids is 1. The van der Waals surface area contributed by atoms with E-state index >= 15 is 0 Å². The van der Waals surface area contributed by atoms with Gasteiger partial charge in [-0.15, -0.1) is 0 Å². The van der Waals surface area contributed by atoms with Crippen LogP contribution in [0.15, 0.2) is 0 Å². The van der Waals surface area contributed by atoms with Crippen LogP contribution in [0.3, 0.4) is 0 Å². The Morgan fingerprint density at radius 1 is 1.36 bits per heavy atom. The van der Waals surface area contributed by atoms with E-state index in [1.165, 1.54) is 0 Å². The third kappa shape index (κ3) is 5.97. The van der Waals surface area contributed by atoms with Crippen LogP contribution in [0.2, 0.25) is 0 Å². The molecule has 1 unspecified atom stereocenters. The summed E-state index contributed by atoms with van der Waals surface area (Å²) in [5.74, 6) is 0.549. The van der Waals surface area contributed by atoms with Crippen molar-refractivity contribution < 1.29 is 9.53 Å². The molecule has 0 aliphatic rings. The van der Waals surface area contributed by atoms with Crippen molar-refractivity contribution in [2.75, 3.05) is 13.2 Å². The second-order valence-electron chi connectivity index (χ2n) is 3.83. The van der Waals surface area contributed by atoms with Crippen LogP contribution in [-0.4, -0.2) is 25.2 Å². The minimum atomic E-state index is 0.130. The van der Waals surface area contributed by atoms with Crippen molar-refractivity contribution in [2.24, 2.45) is 5.92 Å². The average molecular weight is 201 g/mol. The third-order valence-electron chi connectivity index (χ3n) is 2.13. The largest absolute Gasteiger partial charge is 0.380 e. The van der Waals surface area contributed by atoms with E-state index in [1.807, 2.05) is 13.8 Å². The van der Waals surface area contributed by atoms with Crippen LogP contribution in [0.4, 0.5) is 0 Å². The monoisotopic (exact) mass is 201 g/mol. The molecule has 0 radical (unpaired) electrons. The molecule has 1 atom stereocenters. The SMILES string of the molecule is CCCC(=O)NC(COCC)C(C)C. The summed E-state index contributed by atoms with van der Waals surface area (Å²) in [5.41, 5.74) is 0. The summed E-state index contributed by atoms with van der Waals surface area (Å²) in [7, 11) is 0. The van der Waals surface area contributed by atoms with E-state index in [4.69, 9.17) is 4.74 Å². The Balaban J connectivity index is 3.89. The van der Waals surface area contributed by atoms with Crippen molar-refractivity contribution in [3.63, 3.8) is 0 Å². The van der Waals surface area contributed by atoms with Gasteiger partial charge in [-0.05, 0) is 19.3 Å². The molecule has 0 spiro atoms. The Labute approximate surface area is 87.2 Å². The molecule has 0 fully saturated rings. The van der Waals surface area contributed by atoms with Gasteiger partial charge in [-0.2, -0.15) is 0 Å². The number of carbonyl (C=O) groups is 1. The maximum atomic E-state index is 11.4. The summed E-state index contributed by atoms with van der Waals surface area (Å²) < 4.78 is 5.32. The van der Waals surface area contributed by atoms with Crippen molar-refractivity contribution >= 4 is 5.91 Å². The van der Waals surface area contributed by atoms with Crippen LogP contribution in [-0.2, 0) is 9.53 Å². The summed E-state index contributed by atoms with van der Waals surface area (Å²) in [5, 5.41) is 2.99. The zero-order chi connectivity index (χ0) is 11.0. The first kappa shape index (κ1) is 13.4. The molecule has 3 heteroatoms. The highest BCUT2D eigenvalue weighted by Crippen LogP contribution is 2.03. The Morgan fingerprint density at radius 3 is 2.43 bits per heavy atom. The lowest BCUT2D eigenvalue weighted by molar-refractivity contribution is -0.122. The van der Waals surface area contributed by atoms with E-state index in [1.54, 1.807) is 0 Å². The molecule has 0 aliphatic carbocycles. The smallest absolute Gasteiger partial charge is 0.220 e. The van der Waals surface area contributed by atoms with E-state index < -0.39 is 0 Å². The second kappa shape index (κ2) is 7.80. The minimum Gasteiger partial charge on any atom is -0.380 e. The molecule has 1 amide bonds. The third-order valence-corrected chi connectivity index (χ3v) is 2.13. The fourth-order valence-electron chi connectivity index (χ4n) is 1.15. The molecule has 0 aromatic rings. The molecule has 0 saturated carbocycles. The van der Waals surface area contributed by atoms with Gasteiger partial charge in [0.15, 0.2) is 0 Å². The van der Waals surface area contributed by atoms with Gasteiger partial charge in [0.25, 0.3) is 0 Å². The van der Waals surface area contributed by atoms with E-state index in [0.29, 0.717) is 25.6 Å². The highest BCUT2D eigenvalue weighted by atomic mass is 16.5. The first-order valence-electron chi connectivity index (χ1n) is 5.48. The van der Waals surface area contributed by atoms with Gasteiger partial charge in [0.05, 0.1) is 12.6 Å².